The van der Waals surface area contributed by atoms with Crippen molar-refractivity contribution in [2.45, 2.75) is 25.3 Å². The Bertz CT molecular complexity index is 712. The van der Waals surface area contributed by atoms with Gasteiger partial charge in [-0.25, -0.2) is 5.01 Å². The summed E-state index contributed by atoms with van der Waals surface area (Å²) in [4.78, 5) is 17.0. The second-order valence-corrected chi connectivity index (χ2v) is 5.85. The van der Waals surface area contributed by atoms with Crippen molar-refractivity contribution in [1.29, 1.82) is 0 Å². The van der Waals surface area contributed by atoms with E-state index < -0.39 is 0 Å². The third kappa shape index (κ3) is 2.11. The summed E-state index contributed by atoms with van der Waals surface area (Å²) in [6.45, 7) is 0. The van der Waals surface area contributed by atoms with Gasteiger partial charge in [-0.05, 0) is 37.1 Å². The van der Waals surface area contributed by atoms with Gasteiger partial charge in [-0.1, -0.05) is 24.6 Å². The van der Waals surface area contributed by atoms with E-state index in [0.717, 1.165) is 30.5 Å². The minimum Gasteiger partial charge on any atom is -0.267 e. The molecule has 2 heterocycles. The van der Waals surface area contributed by atoms with E-state index in [0.29, 0.717) is 11.5 Å². The second-order valence-electron chi connectivity index (χ2n) is 5.85. The van der Waals surface area contributed by atoms with Gasteiger partial charge >= 0.3 is 0 Å². The van der Waals surface area contributed by atoms with Crippen LogP contribution >= 0.6 is 0 Å². The van der Waals surface area contributed by atoms with Crippen LogP contribution in [0.1, 0.15) is 35.2 Å². The fourth-order valence-corrected chi connectivity index (χ4v) is 3.51. The highest BCUT2D eigenvalue weighted by Crippen LogP contribution is 2.38. The van der Waals surface area contributed by atoms with Crippen molar-refractivity contribution in [2.75, 3.05) is 0 Å². The summed E-state index contributed by atoms with van der Waals surface area (Å²) in [7, 11) is 0. The molecule has 1 fully saturated rings. The number of carbonyl (C=O) groups excluding carboxylic acids is 1. The van der Waals surface area contributed by atoms with Gasteiger partial charge in [0.1, 0.15) is 0 Å². The fraction of sp³-hybridized carbons (Fsp3) is 0.278. The molecule has 2 unspecified atom stereocenters. The van der Waals surface area contributed by atoms with Crippen LogP contribution in [0.15, 0.2) is 60.0 Å². The standard InChI is InChI=1S/C18H17N3O/c22-18(13-6-2-1-3-7-13)21-16-10-4-9-15(16)17(20-21)14-8-5-11-19-12-14/h1-3,5-8,11-12,15-16H,4,9-10H2. The molecule has 1 saturated carbocycles. The van der Waals surface area contributed by atoms with Crippen LogP contribution in [0.5, 0.6) is 0 Å². The Morgan fingerprint density at radius 3 is 2.73 bits per heavy atom. The SMILES string of the molecule is O=C(c1ccccc1)N1N=C(c2cccnc2)C2CCCC21. The van der Waals surface area contributed by atoms with Crippen molar-refractivity contribution in [3.8, 4) is 0 Å². The number of benzene rings is 1. The zero-order chi connectivity index (χ0) is 14.9. The summed E-state index contributed by atoms with van der Waals surface area (Å²) in [5, 5.41) is 6.38. The van der Waals surface area contributed by atoms with Crippen molar-refractivity contribution >= 4 is 11.6 Å². The minimum absolute atomic E-state index is 0.00334. The van der Waals surface area contributed by atoms with E-state index in [4.69, 9.17) is 0 Å². The van der Waals surface area contributed by atoms with Crippen molar-refractivity contribution in [2.24, 2.45) is 11.0 Å². The smallest absolute Gasteiger partial charge is 0.267 e. The number of rotatable bonds is 2. The molecular weight excluding hydrogens is 274 g/mol. The van der Waals surface area contributed by atoms with E-state index in [-0.39, 0.29) is 11.9 Å². The third-order valence-corrected chi connectivity index (χ3v) is 4.55. The van der Waals surface area contributed by atoms with Crippen LogP contribution in [-0.2, 0) is 0 Å². The van der Waals surface area contributed by atoms with Crippen molar-refractivity contribution in [1.82, 2.24) is 9.99 Å². The molecule has 4 rings (SSSR count). The topological polar surface area (TPSA) is 45.6 Å². The molecule has 22 heavy (non-hydrogen) atoms. The monoisotopic (exact) mass is 291 g/mol. The number of pyridine rings is 1. The summed E-state index contributed by atoms with van der Waals surface area (Å²) in [5.41, 5.74) is 2.74. The highest BCUT2D eigenvalue weighted by Gasteiger charge is 2.43. The van der Waals surface area contributed by atoms with Crippen molar-refractivity contribution in [3.05, 3.63) is 66.0 Å². The van der Waals surface area contributed by atoms with Gasteiger partial charge < -0.3 is 0 Å². The summed E-state index contributed by atoms with van der Waals surface area (Å²) < 4.78 is 0. The van der Waals surface area contributed by atoms with Crippen LogP contribution in [0.3, 0.4) is 0 Å². The number of carbonyl (C=O) groups is 1. The lowest BCUT2D eigenvalue weighted by atomic mass is 9.94. The quantitative estimate of drug-likeness (QED) is 0.853. The number of hydrazone groups is 1. The van der Waals surface area contributed by atoms with Crippen LogP contribution in [0.4, 0.5) is 0 Å². The lowest BCUT2D eigenvalue weighted by molar-refractivity contribution is 0.0700. The zero-order valence-electron chi connectivity index (χ0n) is 12.2. The molecule has 1 aromatic carbocycles. The van der Waals surface area contributed by atoms with Crippen LogP contribution in [0.25, 0.3) is 0 Å². The average molecular weight is 291 g/mol. The van der Waals surface area contributed by atoms with E-state index in [9.17, 15) is 4.79 Å². The Balaban J connectivity index is 1.71. The van der Waals surface area contributed by atoms with Gasteiger partial charge in [-0.2, -0.15) is 5.10 Å². The van der Waals surface area contributed by atoms with Gasteiger partial charge in [-0.15, -0.1) is 0 Å². The zero-order valence-corrected chi connectivity index (χ0v) is 12.2. The minimum atomic E-state index is -0.00334. The maximum atomic E-state index is 12.8. The van der Waals surface area contributed by atoms with Crippen molar-refractivity contribution in [3.63, 3.8) is 0 Å². The predicted molar refractivity (Wildman–Crippen MR) is 84.5 cm³/mol. The summed E-state index contributed by atoms with van der Waals surface area (Å²) in [5.74, 6) is 0.341. The molecule has 2 aromatic rings. The molecule has 110 valence electrons. The number of nitrogens with zero attached hydrogens (tertiary/aromatic N) is 3. The molecule has 1 amide bonds. The largest absolute Gasteiger partial charge is 0.274 e. The third-order valence-electron chi connectivity index (χ3n) is 4.55. The molecule has 0 spiro atoms. The van der Waals surface area contributed by atoms with Crippen LogP contribution < -0.4 is 0 Å². The average Bonchev–Trinajstić information content (AvgIpc) is 3.18. The van der Waals surface area contributed by atoms with Crippen molar-refractivity contribution < 1.29 is 4.79 Å². The molecule has 1 aliphatic carbocycles. The lowest BCUT2D eigenvalue weighted by Gasteiger charge is -2.20. The first-order valence-electron chi connectivity index (χ1n) is 7.72. The Labute approximate surface area is 129 Å². The molecule has 4 nitrogen and oxygen atoms in total. The number of aromatic nitrogens is 1. The fourth-order valence-electron chi connectivity index (χ4n) is 3.51. The second kappa shape index (κ2) is 5.37. The molecule has 1 aromatic heterocycles. The van der Waals surface area contributed by atoms with Gasteiger partial charge in [0, 0.05) is 29.4 Å². The number of fused-ring (bicyclic) bond motifs is 1. The first-order chi connectivity index (χ1) is 10.8. The molecule has 0 bridgehead atoms. The van der Waals surface area contributed by atoms with E-state index in [1.165, 1.54) is 0 Å². The van der Waals surface area contributed by atoms with E-state index in [1.807, 2.05) is 48.7 Å². The summed E-state index contributed by atoms with van der Waals surface area (Å²) in [6, 6.07) is 13.5. The molecule has 0 radical (unpaired) electrons. The van der Waals surface area contributed by atoms with Gasteiger partial charge in [0.05, 0.1) is 11.8 Å². The molecular formula is C18H17N3O. The normalized spacial score (nSPS) is 23.3. The maximum Gasteiger partial charge on any atom is 0.274 e. The van der Waals surface area contributed by atoms with Gasteiger partial charge in [0.25, 0.3) is 5.91 Å². The Hall–Kier alpha value is -2.49. The Morgan fingerprint density at radius 1 is 1.09 bits per heavy atom. The highest BCUT2D eigenvalue weighted by molar-refractivity contribution is 6.06. The number of amides is 1. The van der Waals surface area contributed by atoms with Gasteiger partial charge in [0.2, 0.25) is 0 Å². The lowest BCUT2D eigenvalue weighted by Crippen LogP contribution is -2.34. The van der Waals surface area contributed by atoms with Crippen LogP contribution in [0.2, 0.25) is 0 Å². The molecule has 2 aliphatic rings. The molecule has 0 saturated heterocycles. The first-order valence-corrected chi connectivity index (χ1v) is 7.72. The molecule has 1 aliphatic heterocycles. The molecule has 2 atom stereocenters. The van der Waals surface area contributed by atoms with Crippen LogP contribution in [0, 0.1) is 5.92 Å². The summed E-state index contributed by atoms with van der Waals surface area (Å²) in [6.07, 6.45) is 6.86. The predicted octanol–water partition coefficient (Wildman–Crippen LogP) is 3.11. The van der Waals surface area contributed by atoms with E-state index in [1.54, 1.807) is 11.2 Å². The Kier molecular flexibility index (Phi) is 3.22. The highest BCUT2D eigenvalue weighted by atomic mass is 16.2. The molecule has 0 N–H and O–H groups in total. The van der Waals surface area contributed by atoms with Crippen LogP contribution in [-0.4, -0.2) is 27.7 Å². The number of hydrogen-bond donors (Lipinski definition) is 0. The summed E-state index contributed by atoms with van der Waals surface area (Å²) >= 11 is 0. The van der Waals surface area contributed by atoms with Gasteiger partial charge in [-0.3, -0.25) is 9.78 Å². The Morgan fingerprint density at radius 2 is 1.95 bits per heavy atom. The maximum absolute atomic E-state index is 12.8. The molecule has 4 heteroatoms. The van der Waals surface area contributed by atoms with E-state index >= 15 is 0 Å². The van der Waals surface area contributed by atoms with E-state index in [2.05, 4.69) is 10.1 Å². The first kappa shape index (κ1) is 13.2. The van der Waals surface area contributed by atoms with Gasteiger partial charge in [0.15, 0.2) is 0 Å². The number of hydrogen-bond acceptors (Lipinski definition) is 3.